The summed E-state index contributed by atoms with van der Waals surface area (Å²) in [7, 11) is 2.15. The molecule has 0 atom stereocenters. The average Bonchev–Trinajstić information content (AvgIpc) is 2.88. The van der Waals surface area contributed by atoms with E-state index in [0.29, 0.717) is 0 Å². The van der Waals surface area contributed by atoms with Crippen molar-refractivity contribution in [3.63, 3.8) is 0 Å². The summed E-state index contributed by atoms with van der Waals surface area (Å²) in [5.41, 5.74) is 2.42. The lowest BCUT2D eigenvalue weighted by Gasteiger charge is -2.25. The van der Waals surface area contributed by atoms with Crippen LogP contribution in [0, 0.1) is 0 Å². The first-order valence-corrected chi connectivity index (χ1v) is 7.99. The second-order valence-electron chi connectivity index (χ2n) is 4.84. The van der Waals surface area contributed by atoms with Gasteiger partial charge >= 0.3 is 0 Å². The largest absolute Gasteiger partial charge is 0.373 e. The molecular weight excluding hydrogens is 312 g/mol. The molecule has 1 aliphatic heterocycles. The van der Waals surface area contributed by atoms with Crippen LogP contribution in [0.25, 0.3) is 0 Å². The predicted octanol–water partition coefficient (Wildman–Crippen LogP) is 3.77. The molecule has 0 aliphatic carbocycles. The number of likely N-dealkylation sites (N-methyl/N-ethyl adjacent to an activating group) is 1. The monoisotopic (exact) mass is 330 g/mol. The van der Waals surface area contributed by atoms with E-state index in [-0.39, 0.29) is 0 Å². The lowest BCUT2D eigenvalue weighted by atomic mass is 10.2. The molecule has 1 heterocycles. The average molecular weight is 332 g/mol. The van der Waals surface area contributed by atoms with E-state index >= 15 is 0 Å². The van der Waals surface area contributed by atoms with Gasteiger partial charge in [-0.05, 0) is 38.1 Å². The van der Waals surface area contributed by atoms with Crippen LogP contribution in [0.5, 0.6) is 0 Å². The minimum atomic E-state index is 0.802. The summed E-state index contributed by atoms with van der Waals surface area (Å²) in [5.74, 6) is 0. The topological polar surface area (TPSA) is 6.48 Å². The van der Waals surface area contributed by atoms with Crippen molar-refractivity contribution >= 4 is 33.2 Å². The van der Waals surface area contributed by atoms with Crippen molar-refractivity contribution in [2.45, 2.75) is 18.2 Å². The lowest BCUT2D eigenvalue weighted by molar-refractivity contribution is 0.346. The molecule has 2 nitrogen and oxygen atoms in total. The molecule has 0 aromatic heterocycles. The highest BCUT2D eigenvalue weighted by Gasteiger charge is 2.14. The molecule has 1 saturated heterocycles. The Bertz CT molecular complexity index is 391. The highest BCUT2D eigenvalue weighted by molar-refractivity contribution is 9.08. The van der Waals surface area contributed by atoms with Crippen LogP contribution < -0.4 is 4.90 Å². The van der Waals surface area contributed by atoms with Crippen LogP contribution in [0.4, 0.5) is 5.69 Å². The van der Waals surface area contributed by atoms with E-state index in [1.807, 2.05) is 12.1 Å². The molecule has 1 aliphatic rings. The number of rotatable bonds is 5. The molecule has 18 heavy (non-hydrogen) atoms. The van der Waals surface area contributed by atoms with Crippen molar-refractivity contribution in [2.24, 2.45) is 0 Å². The summed E-state index contributed by atoms with van der Waals surface area (Å²) in [6.07, 6.45) is 2.71. The number of hydrogen-bond acceptors (Lipinski definition) is 2. The zero-order valence-electron chi connectivity index (χ0n) is 10.8. The third-order valence-corrected chi connectivity index (χ3v) is 4.50. The van der Waals surface area contributed by atoms with Gasteiger partial charge in [-0.1, -0.05) is 33.6 Å². The normalized spacial score (nSPS) is 16.2. The summed E-state index contributed by atoms with van der Waals surface area (Å²) < 4.78 is 0. The maximum absolute atomic E-state index is 6.23. The van der Waals surface area contributed by atoms with Gasteiger partial charge in [0.1, 0.15) is 0 Å². The Morgan fingerprint density at radius 3 is 2.72 bits per heavy atom. The van der Waals surface area contributed by atoms with Crippen LogP contribution in [0.2, 0.25) is 5.02 Å². The number of hydrogen-bond donors (Lipinski definition) is 0. The Morgan fingerprint density at radius 2 is 2.06 bits per heavy atom. The Hall–Kier alpha value is -0.250. The molecule has 0 radical (unpaired) electrons. The summed E-state index contributed by atoms with van der Waals surface area (Å²) in [6.45, 7) is 4.72. The second kappa shape index (κ2) is 6.78. The van der Waals surface area contributed by atoms with Gasteiger partial charge in [0, 0.05) is 41.7 Å². The number of likely N-dealkylation sites (tertiary alicyclic amines) is 1. The quantitative estimate of drug-likeness (QED) is 0.758. The molecule has 1 aromatic rings. The fourth-order valence-electron chi connectivity index (χ4n) is 2.46. The van der Waals surface area contributed by atoms with E-state index in [4.69, 9.17) is 11.6 Å². The minimum absolute atomic E-state index is 0.802. The first-order valence-electron chi connectivity index (χ1n) is 6.49. The molecule has 0 spiro atoms. The molecule has 0 N–H and O–H groups in total. The number of nitrogens with zero attached hydrogens (tertiary/aromatic N) is 2. The van der Waals surface area contributed by atoms with E-state index < -0.39 is 0 Å². The van der Waals surface area contributed by atoms with Gasteiger partial charge < -0.3 is 9.80 Å². The van der Waals surface area contributed by atoms with E-state index in [2.05, 4.69) is 38.8 Å². The third-order valence-electron chi connectivity index (χ3n) is 3.59. The zero-order valence-corrected chi connectivity index (χ0v) is 13.2. The van der Waals surface area contributed by atoms with Crippen LogP contribution in [0.15, 0.2) is 18.2 Å². The fraction of sp³-hybridized carbons (Fsp3) is 0.571. The van der Waals surface area contributed by atoms with Crippen molar-refractivity contribution in [3.8, 4) is 0 Å². The Morgan fingerprint density at radius 1 is 1.33 bits per heavy atom. The Balaban J connectivity index is 1.99. The van der Waals surface area contributed by atoms with Gasteiger partial charge in [-0.15, -0.1) is 0 Å². The van der Waals surface area contributed by atoms with Crippen molar-refractivity contribution in [2.75, 3.05) is 38.1 Å². The number of anilines is 1. The molecule has 4 heteroatoms. The van der Waals surface area contributed by atoms with Crippen molar-refractivity contribution < 1.29 is 0 Å². The van der Waals surface area contributed by atoms with Gasteiger partial charge in [0.05, 0.1) is 0 Å². The van der Waals surface area contributed by atoms with Gasteiger partial charge in [-0.2, -0.15) is 0 Å². The van der Waals surface area contributed by atoms with E-state index in [0.717, 1.165) is 23.4 Å². The molecule has 0 saturated carbocycles. The summed E-state index contributed by atoms with van der Waals surface area (Å²) in [5, 5.41) is 1.65. The van der Waals surface area contributed by atoms with Crippen molar-refractivity contribution in [1.82, 2.24) is 4.90 Å². The second-order valence-corrected chi connectivity index (χ2v) is 5.81. The maximum Gasteiger partial charge on any atom is 0.0467 e. The standard InChI is InChI=1S/C14H20BrClN2/c1-17(9-10-18-7-2-3-8-18)14-6-4-5-13(16)12(14)11-15/h4-6H,2-3,7-11H2,1H3. The summed E-state index contributed by atoms with van der Waals surface area (Å²) in [6, 6.07) is 6.12. The zero-order chi connectivity index (χ0) is 13.0. The van der Waals surface area contributed by atoms with E-state index in [1.54, 1.807) is 0 Å². The van der Waals surface area contributed by atoms with Gasteiger partial charge in [-0.3, -0.25) is 0 Å². The van der Waals surface area contributed by atoms with Crippen LogP contribution >= 0.6 is 27.5 Å². The van der Waals surface area contributed by atoms with Gasteiger partial charge in [0.2, 0.25) is 0 Å². The fourth-order valence-corrected chi connectivity index (χ4v) is 3.44. The predicted molar refractivity (Wildman–Crippen MR) is 83.0 cm³/mol. The Kier molecular flexibility index (Phi) is 5.34. The van der Waals surface area contributed by atoms with Crippen LogP contribution in [-0.4, -0.2) is 38.1 Å². The molecular formula is C14H20BrClN2. The summed E-state index contributed by atoms with van der Waals surface area (Å²) >= 11 is 9.76. The molecule has 0 amide bonds. The molecule has 2 rings (SSSR count). The molecule has 1 fully saturated rings. The number of alkyl halides is 1. The maximum atomic E-state index is 6.23. The summed E-state index contributed by atoms with van der Waals surface area (Å²) in [4.78, 5) is 4.84. The van der Waals surface area contributed by atoms with Crippen LogP contribution in [-0.2, 0) is 5.33 Å². The molecule has 0 unspecified atom stereocenters. The van der Waals surface area contributed by atoms with Crippen LogP contribution in [0.3, 0.4) is 0 Å². The minimum Gasteiger partial charge on any atom is -0.373 e. The SMILES string of the molecule is CN(CCN1CCCC1)c1cccc(Cl)c1CBr. The molecule has 100 valence electrons. The molecule has 0 bridgehead atoms. The van der Waals surface area contributed by atoms with Gasteiger partial charge in [0.25, 0.3) is 0 Å². The number of halogens is 2. The van der Waals surface area contributed by atoms with Gasteiger partial charge in [0.15, 0.2) is 0 Å². The third kappa shape index (κ3) is 3.40. The van der Waals surface area contributed by atoms with Crippen molar-refractivity contribution in [3.05, 3.63) is 28.8 Å². The Labute approximate surface area is 123 Å². The van der Waals surface area contributed by atoms with E-state index in [9.17, 15) is 0 Å². The highest BCUT2D eigenvalue weighted by Crippen LogP contribution is 2.28. The highest BCUT2D eigenvalue weighted by atomic mass is 79.9. The first kappa shape index (κ1) is 14.2. The van der Waals surface area contributed by atoms with E-state index in [1.165, 1.54) is 37.2 Å². The van der Waals surface area contributed by atoms with Crippen LogP contribution in [0.1, 0.15) is 18.4 Å². The first-order chi connectivity index (χ1) is 8.72. The molecule has 1 aromatic carbocycles. The van der Waals surface area contributed by atoms with Crippen molar-refractivity contribution in [1.29, 1.82) is 0 Å². The van der Waals surface area contributed by atoms with Gasteiger partial charge in [-0.25, -0.2) is 0 Å². The lowest BCUT2D eigenvalue weighted by Crippen LogP contribution is -2.31. The smallest absolute Gasteiger partial charge is 0.0467 e. The number of benzene rings is 1.